The molecular weight excluding hydrogens is 332 g/mol. The second-order valence-electron chi connectivity index (χ2n) is 5.77. The van der Waals surface area contributed by atoms with Crippen LogP contribution in [0.1, 0.15) is 12.0 Å². The molecule has 0 radical (unpaired) electrons. The van der Waals surface area contributed by atoms with Crippen LogP contribution in [0.15, 0.2) is 30.5 Å². The van der Waals surface area contributed by atoms with Crippen LogP contribution in [0.3, 0.4) is 0 Å². The van der Waals surface area contributed by atoms with Gasteiger partial charge in [0, 0.05) is 34.8 Å². The number of nitrogens with zero attached hydrogens (tertiary/aromatic N) is 2. The molecule has 0 aliphatic carbocycles. The molecule has 1 aromatic carbocycles. The Labute approximate surface area is 141 Å². The smallest absolute Gasteiger partial charge is 0.151 e. The van der Waals surface area contributed by atoms with Gasteiger partial charge in [0.15, 0.2) is 9.84 Å². The first-order chi connectivity index (χ1) is 11.0. The van der Waals surface area contributed by atoms with Crippen LogP contribution in [0.4, 0.5) is 0 Å². The highest BCUT2D eigenvalue weighted by Gasteiger charge is 2.32. The molecule has 23 heavy (non-hydrogen) atoms. The molecule has 4 nitrogen and oxygen atoms in total. The molecule has 2 aromatic rings. The Hall–Kier alpha value is -1.61. The van der Waals surface area contributed by atoms with Crippen molar-refractivity contribution in [2.75, 3.05) is 18.1 Å². The lowest BCUT2D eigenvalue weighted by atomic mass is 10.1. The van der Waals surface area contributed by atoms with Gasteiger partial charge in [-0.25, -0.2) is 8.42 Å². The molecule has 0 bridgehead atoms. The minimum atomic E-state index is -2.96. The van der Waals surface area contributed by atoms with Crippen molar-refractivity contribution in [2.24, 2.45) is 0 Å². The van der Waals surface area contributed by atoms with E-state index in [1.54, 1.807) is 6.20 Å². The maximum absolute atomic E-state index is 11.8. The Kier molecular flexibility index (Phi) is 4.58. The summed E-state index contributed by atoms with van der Waals surface area (Å²) in [5, 5.41) is 1.63. The van der Waals surface area contributed by atoms with E-state index in [4.69, 9.17) is 18.0 Å². The van der Waals surface area contributed by atoms with Crippen molar-refractivity contribution in [2.45, 2.75) is 19.0 Å². The van der Waals surface area contributed by atoms with Crippen molar-refractivity contribution in [3.8, 4) is 12.3 Å². The van der Waals surface area contributed by atoms with Crippen molar-refractivity contribution >= 4 is 32.3 Å². The van der Waals surface area contributed by atoms with Gasteiger partial charge in [0.25, 0.3) is 0 Å². The zero-order valence-corrected chi connectivity index (χ0v) is 14.1. The molecule has 1 saturated heterocycles. The first kappa shape index (κ1) is 16.3. The van der Waals surface area contributed by atoms with Gasteiger partial charge in [-0.3, -0.25) is 9.88 Å². The van der Waals surface area contributed by atoms with Crippen molar-refractivity contribution in [3.05, 3.63) is 41.0 Å². The fourth-order valence-electron chi connectivity index (χ4n) is 3.03. The Bertz CT molecular complexity index is 874. The summed E-state index contributed by atoms with van der Waals surface area (Å²) in [4.78, 5) is 6.44. The summed E-state index contributed by atoms with van der Waals surface area (Å²) in [6.07, 6.45) is 7.82. The highest BCUT2D eigenvalue weighted by molar-refractivity contribution is 7.91. The third kappa shape index (κ3) is 3.50. The van der Waals surface area contributed by atoms with E-state index in [1.807, 2.05) is 29.2 Å². The summed E-state index contributed by atoms with van der Waals surface area (Å²) in [5.41, 5.74) is 1.73. The van der Waals surface area contributed by atoms with Gasteiger partial charge in [-0.05, 0) is 18.6 Å². The number of hydrogen-bond donors (Lipinski definition) is 0. The molecule has 1 aromatic heterocycles. The predicted molar refractivity (Wildman–Crippen MR) is 93.1 cm³/mol. The monoisotopic (exact) mass is 348 g/mol. The van der Waals surface area contributed by atoms with Gasteiger partial charge < -0.3 is 0 Å². The quantitative estimate of drug-likeness (QED) is 0.797. The molecule has 3 rings (SSSR count). The fourth-order valence-corrected chi connectivity index (χ4v) is 5.00. The van der Waals surface area contributed by atoms with E-state index in [9.17, 15) is 8.42 Å². The van der Waals surface area contributed by atoms with Gasteiger partial charge in [-0.15, -0.1) is 6.42 Å². The molecule has 0 saturated carbocycles. The second kappa shape index (κ2) is 6.48. The molecule has 0 unspecified atom stereocenters. The lowest BCUT2D eigenvalue weighted by molar-refractivity contribution is 0.231. The van der Waals surface area contributed by atoms with Gasteiger partial charge >= 0.3 is 0 Å². The van der Waals surface area contributed by atoms with Gasteiger partial charge in [0.2, 0.25) is 0 Å². The molecule has 0 spiro atoms. The molecule has 120 valence electrons. The highest BCUT2D eigenvalue weighted by atomic mass is 35.5. The summed E-state index contributed by atoms with van der Waals surface area (Å²) in [7, 11) is -2.96. The summed E-state index contributed by atoms with van der Waals surface area (Å²) < 4.78 is 23.5. The maximum atomic E-state index is 11.8. The van der Waals surface area contributed by atoms with E-state index in [1.165, 1.54) is 0 Å². The molecule has 0 N–H and O–H groups in total. The number of fused-ring (bicyclic) bond motifs is 1. The lowest BCUT2D eigenvalue weighted by Crippen LogP contribution is -2.36. The van der Waals surface area contributed by atoms with E-state index < -0.39 is 9.84 Å². The molecule has 1 aliphatic heterocycles. The summed E-state index contributed by atoms with van der Waals surface area (Å²) >= 11 is 6.37. The van der Waals surface area contributed by atoms with E-state index in [0.29, 0.717) is 24.5 Å². The average Bonchev–Trinajstić information content (AvgIpc) is 2.89. The molecule has 1 fully saturated rings. The first-order valence-corrected chi connectivity index (χ1v) is 9.60. The number of aromatic nitrogens is 1. The molecular formula is C17H17ClN2O2S. The number of sulfone groups is 1. The van der Waals surface area contributed by atoms with Crippen molar-refractivity contribution in [3.63, 3.8) is 0 Å². The van der Waals surface area contributed by atoms with E-state index in [0.717, 1.165) is 16.5 Å². The van der Waals surface area contributed by atoms with Crippen LogP contribution >= 0.6 is 11.6 Å². The summed E-state index contributed by atoms with van der Waals surface area (Å²) in [5.74, 6) is 3.01. The van der Waals surface area contributed by atoms with E-state index in [2.05, 4.69) is 10.9 Å². The summed E-state index contributed by atoms with van der Waals surface area (Å²) in [6, 6.07) is 7.57. The van der Waals surface area contributed by atoms with Crippen molar-refractivity contribution in [1.29, 1.82) is 0 Å². The Balaban J connectivity index is 1.95. The molecule has 0 amide bonds. The average molecular weight is 349 g/mol. The second-order valence-corrected chi connectivity index (χ2v) is 8.40. The SMILES string of the molecule is C#CCN(Cc1c(Cl)ccc2cccnc12)[C@@H]1CCS(=O)(=O)C1. The van der Waals surface area contributed by atoms with Crippen LogP contribution in [0, 0.1) is 12.3 Å². The molecule has 1 atom stereocenters. The number of rotatable bonds is 4. The Morgan fingerprint density at radius 2 is 2.22 bits per heavy atom. The number of halogens is 1. The molecule has 1 aliphatic rings. The Morgan fingerprint density at radius 1 is 1.39 bits per heavy atom. The minimum Gasteiger partial charge on any atom is -0.284 e. The molecule has 6 heteroatoms. The highest BCUT2D eigenvalue weighted by Crippen LogP contribution is 2.28. The molecule has 2 heterocycles. The van der Waals surface area contributed by atoms with Crippen molar-refractivity contribution in [1.82, 2.24) is 9.88 Å². The maximum Gasteiger partial charge on any atom is 0.151 e. The van der Waals surface area contributed by atoms with Crippen LogP contribution < -0.4 is 0 Å². The predicted octanol–water partition coefficient (Wildman–Crippen LogP) is 2.51. The van der Waals surface area contributed by atoms with Crippen molar-refractivity contribution < 1.29 is 8.42 Å². The number of terminal acetylenes is 1. The third-order valence-electron chi connectivity index (χ3n) is 4.20. The van der Waals surface area contributed by atoms with Crippen LogP contribution in [-0.4, -0.2) is 42.4 Å². The fraction of sp³-hybridized carbons (Fsp3) is 0.353. The van der Waals surface area contributed by atoms with E-state index in [-0.39, 0.29) is 17.5 Å². The normalized spacial score (nSPS) is 20.0. The number of benzene rings is 1. The van der Waals surface area contributed by atoms with Gasteiger partial charge in [-0.2, -0.15) is 0 Å². The summed E-state index contributed by atoms with van der Waals surface area (Å²) in [6.45, 7) is 0.886. The van der Waals surface area contributed by atoms with Crippen LogP contribution in [0.5, 0.6) is 0 Å². The zero-order chi connectivity index (χ0) is 16.4. The lowest BCUT2D eigenvalue weighted by Gasteiger charge is -2.26. The first-order valence-electron chi connectivity index (χ1n) is 7.40. The van der Waals surface area contributed by atoms with Gasteiger partial charge in [0.05, 0.1) is 23.6 Å². The standard InChI is InChI=1S/C17H17ClN2O2S/c1-2-9-20(14-7-10-23(21,22)12-14)11-15-16(18)6-5-13-4-3-8-19-17(13)15/h1,3-6,8,14H,7,9-12H2/t14-/m1/s1. The van der Waals surface area contributed by atoms with Crippen LogP contribution in [0.2, 0.25) is 5.02 Å². The van der Waals surface area contributed by atoms with E-state index >= 15 is 0 Å². The number of pyridine rings is 1. The minimum absolute atomic E-state index is 0.0638. The topological polar surface area (TPSA) is 50.3 Å². The van der Waals surface area contributed by atoms with Crippen LogP contribution in [0.25, 0.3) is 10.9 Å². The number of hydrogen-bond acceptors (Lipinski definition) is 4. The Morgan fingerprint density at radius 3 is 2.91 bits per heavy atom. The van der Waals surface area contributed by atoms with Gasteiger partial charge in [-0.1, -0.05) is 29.7 Å². The third-order valence-corrected chi connectivity index (χ3v) is 6.31. The largest absolute Gasteiger partial charge is 0.284 e. The van der Waals surface area contributed by atoms with Gasteiger partial charge in [0.1, 0.15) is 0 Å². The zero-order valence-electron chi connectivity index (χ0n) is 12.6. The van der Waals surface area contributed by atoms with Crippen LogP contribution in [-0.2, 0) is 16.4 Å².